The standard InChI is InChI=1S/C13H14N2/c1-3-10(2)6-11-4-5-12-8-14-15-9-13(12)7-11/h3-5,7-9H,6H2,1-2H3. The van der Waals surface area contributed by atoms with E-state index in [0.29, 0.717) is 0 Å². The maximum Gasteiger partial charge on any atom is 0.0574 e. The number of allylic oxidation sites excluding steroid dienone is 2. The lowest BCUT2D eigenvalue weighted by molar-refractivity contribution is 1.05. The van der Waals surface area contributed by atoms with E-state index in [-0.39, 0.29) is 0 Å². The van der Waals surface area contributed by atoms with E-state index >= 15 is 0 Å². The van der Waals surface area contributed by atoms with Crippen LogP contribution in [0.1, 0.15) is 19.4 Å². The lowest BCUT2D eigenvalue weighted by Gasteiger charge is -2.03. The van der Waals surface area contributed by atoms with E-state index in [1.165, 1.54) is 11.1 Å². The van der Waals surface area contributed by atoms with Gasteiger partial charge in [0.25, 0.3) is 0 Å². The fourth-order valence-corrected chi connectivity index (χ4v) is 1.58. The lowest BCUT2D eigenvalue weighted by Crippen LogP contribution is -1.88. The molecule has 1 aromatic carbocycles. The Morgan fingerprint density at radius 1 is 1.20 bits per heavy atom. The second-order valence-electron chi connectivity index (χ2n) is 3.76. The highest BCUT2D eigenvalue weighted by Gasteiger charge is 1.97. The molecule has 0 aliphatic heterocycles. The summed E-state index contributed by atoms with van der Waals surface area (Å²) >= 11 is 0. The summed E-state index contributed by atoms with van der Waals surface area (Å²) in [5.74, 6) is 0. The van der Waals surface area contributed by atoms with Crippen molar-refractivity contribution in [3.63, 3.8) is 0 Å². The predicted octanol–water partition coefficient (Wildman–Crippen LogP) is 3.14. The van der Waals surface area contributed by atoms with Crippen molar-refractivity contribution < 1.29 is 0 Å². The summed E-state index contributed by atoms with van der Waals surface area (Å²) in [5.41, 5.74) is 2.71. The molecular weight excluding hydrogens is 184 g/mol. The van der Waals surface area contributed by atoms with Crippen molar-refractivity contribution in [3.05, 3.63) is 47.8 Å². The number of nitrogens with zero attached hydrogens (tertiary/aromatic N) is 2. The first-order valence-corrected chi connectivity index (χ1v) is 5.10. The van der Waals surface area contributed by atoms with Crippen LogP contribution in [0.5, 0.6) is 0 Å². The quantitative estimate of drug-likeness (QED) is 0.693. The maximum absolute atomic E-state index is 3.89. The summed E-state index contributed by atoms with van der Waals surface area (Å²) in [6.07, 6.45) is 6.76. The van der Waals surface area contributed by atoms with Crippen molar-refractivity contribution >= 4 is 10.8 Å². The van der Waals surface area contributed by atoms with Crippen LogP contribution in [0.25, 0.3) is 10.8 Å². The van der Waals surface area contributed by atoms with E-state index in [0.717, 1.165) is 17.2 Å². The van der Waals surface area contributed by atoms with Crippen LogP contribution in [0.15, 0.2) is 42.2 Å². The Balaban J connectivity index is 2.39. The minimum Gasteiger partial charge on any atom is -0.158 e. The molecule has 0 atom stereocenters. The Kier molecular flexibility index (Phi) is 2.77. The second kappa shape index (κ2) is 4.22. The molecule has 2 rings (SSSR count). The second-order valence-corrected chi connectivity index (χ2v) is 3.76. The number of hydrogen-bond acceptors (Lipinski definition) is 2. The van der Waals surface area contributed by atoms with Crippen molar-refractivity contribution in [1.29, 1.82) is 0 Å². The highest BCUT2D eigenvalue weighted by Crippen LogP contribution is 2.15. The van der Waals surface area contributed by atoms with Gasteiger partial charge in [0, 0.05) is 10.8 Å². The third-order valence-electron chi connectivity index (χ3n) is 2.59. The molecule has 0 amide bonds. The first kappa shape index (κ1) is 9.84. The molecule has 1 aromatic heterocycles. The number of aromatic nitrogens is 2. The molecule has 0 radical (unpaired) electrons. The number of fused-ring (bicyclic) bond motifs is 1. The Hall–Kier alpha value is -1.70. The van der Waals surface area contributed by atoms with Crippen molar-refractivity contribution in [3.8, 4) is 0 Å². The van der Waals surface area contributed by atoms with Gasteiger partial charge in [0.05, 0.1) is 12.4 Å². The largest absolute Gasteiger partial charge is 0.158 e. The molecule has 0 unspecified atom stereocenters. The lowest BCUT2D eigenvalue weighted by atomic mass is 10.0. The molecule has 0 spiro atoms. The molecule has 0 aliphatic carbocycles. The van der Waals surface area contributed by atoms with Crippen LogP contribution >= 0.6 is 0 Å². The monoisotopic (exact) mass is 198 g/mol. The Labute approximate surface area is 89.7 Å². The zero-order valence-corrected chi connectivity index (χ0v) is 9.07. The van der Waals surface area contributed by atoms with E-state index < -0.39 is 0 Å². The fourth-order valence-electron chi connectivity index (χ4n) is 1.58. The van der Waals surface area contributed by atoms with Gasteiger partial charge in [-0.3, -0.25) is 0 Å². The molecule has 1 heterocycles. The maximum atomic E-state index is 3.89. The van der Waals surface area contributed by atoms with E-state index in [1.54, 1.807) is 6.20 Å². The van der Waals surface area contributed by atoms with Crippen molar-refractivity contribution in [1.82, 2.24) is 10.2 Å². The molecule has 0 N–H and O–H groups in total. The predicted molar refractivity (Wildman–Crippen MR) is 62.7 cm³/mol. The van der Waals surface area contributed by atoms with Crippen LogP contribution in [0.2, 0.25) is 0 Å². The van der Waals surface area contributed by atoms with Crippen LogP contribution in [-0.2, 0) is 6.42 Å². The van der Waals surface area contributed by atoms with Crippen LogP contribution in [0, 0.1) is 0 Å². The van der Waals surface area contributed by atoms with Crippen LogP contribution < -0.4 is 0 Å². The van der Waals surface area contributed by atoms with Gasteiger partial charge >= 0.3 is 0 Å². The number of rotatable bonds is 2. The van der Waals surface area contributed by atoms with Crippen molar-refractivity contribution in [2.75, 3.05) is 0 Å². The Morgan fingerprint density at radius 3 is 2.67 bits per heavy atom. The normalized spacial score (nSPS) is 12.0. The molecule has 0 aliphatic rings. The Bertz CT molecular complexity index is 501. The summed E-state index contributed by atoms with van der Waals surface area (Å²) in [6.45, 7) is 4.22. The highest BCUT2D eigenvalue weighted by atomic mass is 15.1. The minimum absolute atomic E-state index is 1.01. The molecule has 2 aromatic rings. The van der Waals surface area contributed by atoms with E-state index in [1.807, 2.05) is 6.20 Å². The summed E-state index contributed by atoms with van der Waals surface area (Å²) in [5, 5.41) is 10.1. The zero-order valence-electron chi connectivity index (χ0n) is 9.07. The molecule has 0 fully saturated rings. The average molecular weight is 198 g/mol. The van der Waals surface area contributed by atoms with Crippen LogP contribution in [0.4, 0.5) is 0 Å². The molecule has 2 nitrogen and oxygen atoms in total. The third-order valence-corrected chi connectivity index (χ3v) is 2.59. The van der Waals surface area contributed by atoms with Gasteiger partial charge in [-0.15, -0.1) is 0 Å². The first-order valence-electron chi connectivity index (χ1n) is 5.10. The molecule has 2 heteroatoms. The number of hydrogen-bond donors (Lipinski definition) is 0. The summed E-state index contributed by atoms with van der Waals surface area (Å²) in [4.78, 5) is 0. The van der Waals surface area contributed by atoms with E-state index in [2.05, 4.69) is 48.3 Å². The van der Waals surface area contributed by atoms with Gasteiger partial charge in [-0.2, -0.15) is 10.2 Å². The smallest absolute Gasteiger partial charge is 0.0574 e. The first-order chi connectivity index (χ1) is 7.29. The van der Waals surface area contributed by atoms with Crippen molar-refractivity contribution in [2.24, 2.45) is 0 Å². The summed E-state index contributed by atoms with van der Waals surface area (Å²) in [7, 11) is 0. The molecule has 15 heavy (non-hydrogen) atoms. The van der Waals surface area contributed by atoms with Gasteiger partial charge in [-0.1, -0.05) is 23.8 Å². The van der Waals surface area contributed by atoms with Gasteiger partial charge in [-0.25, -0.2) is 0 Å². The third kappa shape index (κ3) is 2.21. The highest BCUT2D eigenvalue weighted by molar-refractivity contribution is 5.81. The SMILES string of the molecule is CC=C(C)Cc1ccc2cnncc2c1. The Morgan fingerprint density at radius 2 is 1.93 bits per heavy atom. The van der Waals surface area contributed by atoms with Gasteiger partial charge in [-0.05, 0) is 31.9 Å². The van der Waals surface area contributed by atoms with E-state index in [4.69, 9.17) is 0 Å². The average Bonchev–Trinajstić information content (AvgIpc) is 2.29. The topological polar surface area (TPSA) is 25.8 Å². The van der Waals surface area contributed by atoms with Gasteiger partial charge in [0.1, 0.15) is 0 Å². The molecule has 76 valence electrons. The molecule has 0 bridgehead atoms. The minimum atomic E-state index is 1.01. The number of benzene rings is 1. The summed E-state index contributed by atoms with van der Waals surface area (Å²) < 4.78 is 0. The van der Waals surface area contributed by atoms with Gasteiger partial charge in [0.2, 0.25) is 0 Å². The van der Waals surface area contributed by atoms with Gasteiger partial charge < -0.3 is 0 Å². The molecular formula is C13H14N2. The molecule has 0 saturated heterocycles. The zero-order chi connectivity index (χ0) is 10.7. The molecule has 0 saturated carbocycles. The van der Waals surface area contributed by atoms with Crippen LogP contribution in [0.3, 0.4) is 0 Å². The van der Waals surface area contributed by atoms with Crippen molar-refractivity contribution in [2.45, 2.75) is 20.3 Å². The fraction of sp³-hybridized carbons (Fsp3) is 0.231. The van der Waals surface area contributed by atoms with E-state index in [9.17, 15) is 0 Å². The van der Waals surface area contributed by atoms with Gasteiger partial charge in [0.15, 0.2) is 0 Å². The van der Waals surface area contributed by atoms with Crippen LogP contribution in [-0.4, -0.2) is 10.2 Å². The summed E-state index contributed by atoms with van der Waals surface area (Å²) in [6, 6.07) is 6.43.